The normalized spacial score (nSPS) is 17.0. The van der Waals surface area contributed by atoms with Crippen LogP contribution in [-0.4, -0.2) is 130 Å². The van der Waals surface area contributed by atoms with E-state index in [1.54, 1.807) is 36.5 Å². The average molecular weight is 939 g/mol. The molecule has 3 N–H and O–H groups in total. The van der Waals surface area contributed by atoms with Crippen LogP contribution < -0.4 is 20.7 Å². The van der Waals surface area contributed by atoms with Crippen LogP contribution >= 0.6 is 0 Å². The van der Waals surface area contributed by atoms with E-state index in [4.69, 9.17) is 14.7 Å². The third-order valence-corrected chi connectivity index (χ3v) is 13.1. The van der Waals surface area contributed by atoms with Crippen molar-refractivity contribution in [3.63, 3.8) is 0 Å². The molecule has 5 aromatic rings. The number of hydrogen-bond donors (Lipinski definition) is 3. The quantitative estimate of drug-likeness (QED) is 0.0679. The standard InChI is InChI=1S/C54H54N10O6/c1-4-37-31-39(32-57-43(37)5-2)49-58-45-33-63(26-22-41(45)50(55-3)60-49)52(67)38-16-12-36(13-17-38)34-70-40-18-14-35(15-19-40)9-7-24-61-27-29-62(30-28-61)25-8-23-56-44-11-6-10-42-48(44)54(69)64(53(42)68)46-20-21-47(65)59-51(46)66/h4-6,10-19,31-32,46,56H,1-2,8,20-30,33-34H2,3H3,(H,55,58,60)(H,59,65,66). The number of rotatable bonds is 15. The number of fused-ring (bicyclic) bond motifs is 2. The number of carbonyl (C=O) groups excluding carboxylic acids is 5. The van der Waals surface area contributed by atoms with E-state index in [-0.39, 0.29) is 29.9 Å². The lowest BCUT2D eigenvalue weighted by Crippen LogP contribution is -2.54. The van der Waals surface area contributed by atoms with Crippen molar-refractivity contribution >= 4 is 53.2 Å². The van der Waals surface area contributed by atoms with Crippen molar-refractivity contribution in [3.8, 4) is 29.0 Å². The molecule has 16 nitrogen and oxygen atoms in total. The molecule has 1 atom stereocenters. The molecule has 0 radical (unpaired) electrons. The van der Waals surface area contributed by atoms with Crippen molar-refractivity contribution in [3.05, 3.63) is 142 Å². The second kappa shape index (κ2) is 21.1. The van der Waals surface area contributed by atoms with E-state index in [1.165, 1.54) is 0 Å². The molecule has 9 rings (SSSR count). The lowest BCUT2D eigenvalue weighted by atomic mass is 10.0. The molecule has 0 bridgehead atoms. The Labute approximate surface area is 406 Å². The van der Waals surface area contributed by atoms with E-state index in [0.717, 1.165) is 94.8 Å². The Bertz CT molecular complexity index is 2940. The maximum Gasteiger partial charge on any atom is 0.264 e. The Balaban J connectivity index is 0.691. The molecule has 1 unspecified atom stereocenters. The van der Waals surface area contributed by atoms with Crippen molar-refractivity contribution in [1.82, 2.24) is 39.9 Å². The van der Waals surface area contributed by atoms with Gasteiger partial charge in [-0.05, 0) is 92.0 Å². The van der Waals surface area contributed by atoms with Crippen LogP contribution in [0.3, 0.4) is 0 Å². The first-order valence-electron chi connectivity index (χ1n) is 23.6. The SMILES string of the molecule is C=Cc1cc(-c2nc3c(c(NC)n2)CCN(C(=O)c2ccc(COc4ccc(C#CCN5CCN(CCCNc6cccc7c6C(=O)N(C6CCC(=O)NC6=O)C7=O)CC5)cc4)cc2)C3)cnc1C=C. The van der Waals surface area contributed by atoms with Crippen LogP contribution in [0.2, 0.25) is 0 Å². The molecule has 4 aliphatic rings. The minimum absolute atomic E-state index is 0.0617. The lowest BCUT2D eigenvalue weighted by Gasteiger charge is -2.33. The lowest BCUT2D eigenvalue weighted by molar-refractivity contribution is -0.136. The molecule has 2 fully saturated rings. The van der Waals surface area contributed by atoms with Crippen LogP contribution in [0.15, 0.2) is 92.2 Å². The fourth-order valence-electron chi connectivity index (χ4n) is 9.23. The number of aromatic nitrogens is 3. The van der Waals surface area contributed by atoms with Crippen LogP contribution in [-0.2, 0) is 29.2 Å². The van der Waals surface area contributed by atoms with Gasteiger partial charge >= 0.3 is 0 Å². The molecule has 0 spiro atoms. The van der Waals surface area contributed by atoms with Gasteiger partial charge in [-0.25, -0.2) is 9.97 Å². The number of pyridine rings is 1. The second-order valence-electron chi connectivity index (χ2n) is 17.5. The Morgan fingerprint density at radius 1 is 0.914 bits per heavy atom. The van der Waals surface area contributed by atoms with Gasteiger partial charge in [-0.1, -0.05) is 49.3 Å². The maximum absolute atomic E-state index is 13.7. The van der Waals surface area contributed by atoms with Crippen molar-refractivity contribution in [2.24, 2.45) is 0 Å². The summed E-state index contributed by atoms with van der Waals surface area (Å²) in [6, 6.07) is 21.3. The van der Waals surface area contributed by atoms with Gasteiger partial charge in [0.25, 0.3) is 17.7 Å². The van der Waals surface area contributed by atoms with E-state index in [1.807, 2.05) is 66.5 Å². The first-order chi connectivity index (χ1) is 34.1. The Morgan fingerprint density at radius 2 is 1.70 bits per heavy atom. The van der Waals surface area contributed by atoms with E-state index >= 15 is 0 Å². The minimum Gasteiger partial charge on any atom is -0.489 e. The van der Waals surface area contributed by atoms with Crippen LogP contribution in [0.25, 0.3) is 23.5 Å². The number of piperidine rings is 1. The maximum atomic E-state index is 13.7. The van der Waals surface area contributed by atoms with Gasteiger partial charge in [-0.15, -0.1) is 0 Å². The summed E-state index contributed by atoms with van der Waals surface area (Å²) >= 11 is 0. The fraction of sp³-hybridized carbons (Fsp3) is 0.296. The summed E-state index contributed by atoms with van der Waals surface area (Å²) in [5, 5.41) is 8.79. The number of piperazine rings is 1. The number of amides is 5. The first-order valence-corrected chi connectivity index (χ1v) is 23.6. The number of nitrogens with zero attached hydrogens (tertiary/aromatic N) is 7. The van der Waals surface area contributed by atoms with Crippen molar-refractivity contribution in [1.29, 1.82) is 0 Å². The smallest absolute Gasteiger partial charge is 0.264 e. The summed E-state index contributed by atoms with van der Waals surface area (Å²) in [5.74, 6) is 6.49. The van der Waals surface area contributed by atoms with Crippen molar-refractivity contribution < 1.29 is 28.7 Å². The molecular weight excluding hydrogens is 885 g/mol. The molecule has 5 amide bonds. The predicted molar refractivity (Wildman–Crippen MR) is 267 cm³/mol. The Morgan fingerprint density at radius 3 is 2.44 bits per heavy atom. The van der Waals surface area contributed by atoms with Gasteiger partial charge in [0.2, 0.25) is 11.8 Å². The summed E-state index contributed by atoms with van der Waals surface area (Å²) < 4.78 is 6.08. The first kappa shape index (κ1) is 47.1. The summed E-state index contributed by atoms with van der Waals surface area (Å²) in [5.41, 5.74) is 7.70. The molecule has 0 saturated carbocycles. The third kappa shape index (κ3) is 10.2. The zero-order chi connectivity index (χ0) is 48.7. The number of imide groups is 2. The number of ether oxygens (including phenoxy) is 1. The van der Waals surface area contributed by atoms with E-state index in [9.17, 15) is 24.0 Å². The number of hydrogen-bond acceptors (Lipinski definition) is 13. The van der Waals surface area contributed by atoms with E-state index in [2.05, 4.69) is 55.7 Å². The fourth-order valence-corrected chi connectivity index (χ4v) is 9.23. The highest BCUT2D eigenvalue weighted by Crippen LogP contribution is 2.33. The Kier molecular flexibility index (Phi) is 14.2. The highest BCUT2D eigenvalue weighted by molar-refractivity contribution is 6.25. The van der Waals surface area contributed by atoms with E-state index in [0.29, 0.717) is 56.3 Å². The largest absolute Gasteiger partial charge is 0.489 e. The summed E-state index contributed by atoms with van der Waals surface area (Å²) in [6.07, 6.45) is 6.82. The second-order valence-corrected chi connectivity index (χ2v) is 17.5. The molecule has 2 saturated heterocycles. The van der Waals surface area contributed by atoms with Gasteiger partial charge in [-0.3, -0.25) is 44.1 Å². The van der Waals surface area contributed by atoms with Crippen LogP contribution in [0.1, 0.15) is 84.0 Å². The van der Waals surface area contributed by atoms with Crippen LogP contribution in [0.5, 0.6) is 5.75 Å². The minimum atomic E-state index is -0.994. The highest BCUT2D eigenvalue weighted by Gasteiger charge is 2.45. The van der Waals surface area contributed by atoms with Gasteiger partial charge in [0.1, 0.15) is 24.2 Å². The molecule has 4 aliphatic heterocycles. The zero-order valence-electron chi connectivity index (χ0n) is 39.1. The number of carbonyl (C=O) groups is 5. The van der Waals surface area contributed by atoms with Gasteiger partial charge in [0.05, 0.1) is 35.6 Å². The van der Waals surface area contributed by atoms with Crippen molar-refractivity contribution in [2.75, 3.05) is 70.0 Å². The third-order valence-electron chi connectivity index (χ3n) is 13.1. The molecule has 6 heterocycles. The number of nitrogens with one attached hydrogen (secondary N) is 3. The highest BCUT2D eigenvalue weighted by atomic mass is 16.5. The van der Waals surface area contributed by atoms with Gasteiger partial charge in [-0.2, -0.15) is 0 Å². The number of benzene rings is 3. The van der Waals surface area contributed by atoms with E-state index < -0.39 is 29.7 Å². The molecule has 16 heteroatoms. The van der Waals surface area contributed by atoms with Crippen LogP contribution in [0, 0.1) is 11.8 Å². The predicted octanol–water partition coefficient (Wildman–Crippen LogP) is 5.52. The molecule has 0 aliphatic carbocycles. The van der Waals surface area contributed by atoms with Crippen LogP contribution in [0.4, 0.5) is 11.5 Å². The topological polar surface area (TPSA) is 182 Å². The van der Waals surface area contributed by atoms with Crippen molar-refractivity contribution in [2.45, 2.75) is 44.9 Å². The van der Waals surface area contributed by atoms with Gasteiger partial charge in [0, 0.05) is 92.4 Å². The molecular formula is C54H54N10O6. The molecule has 70 heavy (non-hydrogen) atoms. The monoisotopic (exact) mass is 938 g/mol. The Hall–Kier alpha value is -8.00. The van der Waals surface area contributed by atoms with Gasteiger partial charge < -0.3 is 25.2 Å². The molecule has 2 aromatic heterocycles. The van der Waals surface area contributed by atoms with Gasteiger partial charge in [0.15, 0.2) is 5.82 Å². The number of anilines is 2. The molecule has 3 aromatic carbocycles. The summed E-state index contributed by atoms with van der Waals surface area (Å²) in [7, 11) is 1.84. The summed E-state index contributed by atoms with van der Waals surface area (Å²) in [6.45, 7) is 14.8. The average Bonchev–Trinajstić information content (AvgIpc) is 3.65. The summed E-state index contributed by atoms with van der Waals surface area (Å²) in [4.78, 5) is 86.1. The zero-order valence-corrected chi connectivity index (χ0v) is 39.1. The molecule has 356 valence electrons.